The molecule has 0 atom stereocenters. The average Bonchev–Trinajstić information content (AvgIpc) is 3.81. The van der Waals surface area contributed by atoms with E-state index in [1.165, 1.54) is 74.5 Å². The molecule has 3 nitrogen and oxygen atoms in total. The van der Waals surface area contributed by atoms with E-state index in [0.717, 1.165) is 40.8 Å². The third kappa shape index (κ3) is 9.44. The van der Waals surface area contributed by atoms with Crippen molar-refractivity contribution in [2.24, 2.45) is 11.8 Å². The van der Waals surface area contributed by atoms with Crippen LogP contribution in [0.1, 0.15) is 62.5 Å². The van der Waals surface area contributed by atoms with Crippen molar-refractivity contribution in [2.75, 3.05) is 0 Å². The first kappa shape index (κ1) is 35.1. The summed E-state index contributed by atoms with van der Waals surface area (Å²) in [6, 6.07) is 30.6. The van der Waals surface area contributed by atoms with E-state index in [1.54, 1.807) is 16.9 Å². The fourth-order valence-corrected chi connectivity index (χ4v) is 8.84. The van der Waals surface area contributed by atoms with Gasteiger partial charge in [0.2, 0.25) is 0 Å². The molecule has 2 aliphatic rings. The van der Waals surface area contributed by atoms with Crippen molar-refractivity contribution in [3.05, 3.63) is 121 Å². The maximum atomic E-state index is 4.75. The molecule has 2 saturated carbocycles. The molecule has 0 saturated heterocycles. The first-order chi connectivity index (χ1) is 22.4. The van der Waals surface area contributed by atoms with Gasteiger partial charge in [0.25, 0.3) is 0 Å². The van der Waals surface area contributed by atoms with Gasteiger partial charge in [-0.15, -0.1) is 53.6 Å². The summed E-state index contributed by atoms with van der Waals surface area (Å²) in [6.45, 7) is 7.28. The van der Waals surface area contributed by atoms with E-state index in [0.29, 0.717) is 0 Å². The molecule has 0 aliphatic heterocycles. The number of hydrogen-bond donors (Lipinski definition) is 0. The topological polar surface area (TPSA) is 38.7 Å². The Bertz CT molecular complexity index is 1670. The summed E-state index contributed by atoms with van der Waals surface area (Å²) in [5.41, 5.74) is 9.58. The Morgan fingerprint density at radius 3 is 1.89 bits per heavy atom. The molecule has 245 valence electrons. The normalized spacial score (nSPS) is 15.1. The summed E-state index contributed by atoms with van der Waals surface area (Å²) < 4.78 is 0. The third-order valence-corrected chi connectivity index (χ3v) is 11.8. The van der Waals surface area contributed by atoms with Crippen LogP contribution in [-0.4, -0.2) is 23.0 Å². The first-order valence-corrected chi connectivity index (χ1v) is 20.8. The fourth-order valence-electron chi connectivity index (χ4n) is 7.25. The van der Waals surface area contributed by atoms with Crippen LogP contribution in [0.4, 0.5) is 0 Å². The van der Waals surface area contributed by atoms with Crippen molar-refractivity contribution >= 4 is 13.3 Å². The second-order valence-electron chi connectivity index (χ2n) is 14.2. The zero-order chi connectivity index (χ0) is 31.8. The number of rotatable bonds is 8. The number of aromatic nitrogens is 3. The van der Waals surface area contributed by atoms with Crippen LogP contribution >= 0.6 is 0 Å². The summed E-state index contributed by atoms with van der Waals surface area (Å²) >= 11 is 0. The summed E-state index contributed by atoms with van der Waals surface area (Å²) in [4.78, 5) is 13.6. The van der Waals surface area contributed by atoms with Crippen LogP contribution in [0.5, 0.6) is 0 Å². The van der Waals surface area contributed by atoms with Gasteiger partial charge in [-0.3, -0.25) is 0 Å². The molecule has 0 bridgehead atoms. The van der Waals surface area contributed by atoms with E-state index in [4.69, 9.17) is 4.98 Å². The predicted molar refractivity (Wildman–Crippen MR) is 195 cm³/mol. The fraction of sp³-hybridized carbons (Fsp3) is 0.357. The Hall–Kier alpha value is -3.24. The van der Waals surface area contributed by atoms with Gasteiger partial charge in [-0.05, 0) is 58.6 Å². The monoisotopic (exact) mass is 814 g/mol. The number of benzene rings is 2. The maximum Gasteiger partial charge on any atom is 0.0798 e. The molecule has 3 aromatic heterocycles. The second kappa shape index (κ2) is 16.7. The zero-order valence-electron chi connectivity index (χ0n) is 28.1. The van der Waals surface area contributed by atoms with Crippen molar-refractivity contribution < 1.29 is 20.1 Å². The van der Waals surface area contributed by atoms with Crippen LogP contribution in [0.25, 0.3) is 33.6 Å². The van der Waals surface area contributed by atoms with Crippen molar-refractivity contribution in [2.45, 2.75) is 83.8 Å². The number of pyridine rings is 3. The van der Waals surface area contributed by atoms with Gasteiger partial charge in [0, 0.05) is 38.1 Å². The van der Waals surface area contributed by atoms with Gasteiger partial charge in [-0.2, -0.15) is 0 Å². The molecule has 47 heavy (non-hydrogen) atoms. The Kier molecular flexibility index (Phi) is 12.5. The standard InChI is InChI=1S/C22H21N2.C20H26NSi.Ir/c1-2-9-18(10-3-1)21-16-24-22(19-11-6-12-23-15-19)14-20(21)13-17-7-4-5-8-17;1-22(2,3)20-15-21-19(17-11-5-4-6-12-17)14-18(20)13-16-9-7-8-10-16;/h1-3,6,9-12,14,16-17H,4-5,7-8,13H2;4-6,11,14-16H,7-10,13H2,1-3H3;/q2*-1;. The largest absolute Gasteiger partial charge is 0.360 e. The molecular formula is C42H47IrN3Si-2. The van der Waals surface area contributed by atoms with Crippen LogP contribution < -0.4 is 5.19 Å². The molecule has 7 rings (SSSR count). The number of hydrogen-bond acceptors (Lipinski definition) is 3. The van der Waals surface area contributed by atoms with Crippen LogP contribution in [-0.2, 0) is 32.9 Å². The van der Waals surface area contributed by atoms with Gasteiger partial charge in [0.1, 0.15) is 0 Å². The molecule has 3 heterocycles. The molecular weight excluding hydrogens is 767 g/mol. The molecule has 0 N–H and O–H groups in total. The molecule has 2 aliphatic carbocycles. The summed E-state index contributed by atoms with van der Waals surface area (Å²) in [5, 5.41) is 1.54. The van der Waals surface area contributed by atoms with Crippen LogP contribution in [0.2, 0.25) is 19.6 Å². The molecule has 5 heteroatoms. The van der Waals surface area contributed by atoms with Gasteiger partial charge in [-0.25, -0.2) is 0 Å². The minimum atomic E-state index is -1.35. The molecule has 2 aromatic carbocycles. The molecule has 0 amide bonds. The Balaban J connectivity index is 0.000000181. The Morgan fingerprint density at radius 1 is 0.681 bits per heavy atom. The Morgan fingerprint density at radius 2 is 1.28 bits per heavy atom. The maximum absolute atomic E-state index is 4.75. The minimum absolute atomic E-state index is 0. The first-order valence-electron chi connectivity index (χ1n) is 17.3. The summed E-state index contributed by atoms with van der Waals surface area (Å²) in [6.07, 6.45) is 22.5. The molecule has 0 spiro atoms. The SMILES string of the molecule is C[Si](C)(C)c1cnc(-c2[c-]cccc2)cc1CC1CCCC1.[Ir].[c-]1ncccc1-c1cc(CC2CCCC2)c(-c2ccccc2)cn1. The third-order valence-electron chi connectivity index (χ3n) is 9.71. The average molecular weight is 814 g/mol. The molecule has 2 fully saturated rings. The van der Waals surface area contributed by atoms with Gasteiger partial charge >= 0.3 is 0 Å². The van der Waals surface area contributed by atoms with Crippen molar-refractivity contribution in [1.29, 1.82) is 0 Å². The molecule has 5 aromatic rings. The van der Waals surface area contributed by atoms with Gasteiger partial charge in [0.05, 0.1) is 8.07 Å². The van der Waals surface area contributed by atoms with Crippen LogP contribution in [0.15, 0.2) is 97.5 Å². The van der Waals surface area contributed by atoms with Crippen molar-refractivity contribution in [1.82, 2.24) is 15.0 Å². The van der Waals surface area contributed by atoms with Gasteiger partial charge in [0.15, 0.2) is 0 Å². The van der Waals surface area contributed by atoms with E-state index in [1.807, 2.05) is 30.5 Å². The van der Waals surface area contributed by atoms with E-state index >= 15 is 0 Å². The Labute approximate surface area is 297 Å². The van der Waals surface area contributed by atoms with Crippen molar-refractivity contribution in [3.8, 4) is 33.6 Å². The van der Waals surface area contributed by atoms with E-state index in [9.17, 15) is 0 Å². The van der Waals surface area contributed by atoms with Crippen molar-refractivity contribution in [3.63, 3.8) is 0 Å². The van der Waals surface area contributed by atoms with E-state index < -0.39 is 8.07 Å². The summed E-state index contributed by atoms with van der Waals surface area (Å²) in [7, 11) is -1.35. The number of nitrogens with zero attached hydrogens (tertiary/aromatic N) is 3. The van der Waals surface area contributed by atoms with E-state index in [-0.39, 0.29) is 20.1 Å². The summed E-state index contributed by atoms with van der Waals surface area (Å²) in [5.74, 6) is 1.69. The predicted octanol–water partition coefficient (Wildman–Crippen LogP) is 10.2. The van der Waals surface area contributed by atoms with E-state index in [2.05, 4.69) is 103 Å². The van der Waals surface area contributed by atoms with Crippen LogP contribution in [0, 0.1) is 24.1 Å². The zero-order valence-corrected chi connectivity index (χ0v) is 31.5. The molecule has 0 unspecified atom stereocenters. The quantitative estimate of drug-likeness (QED) is 0.116. The van der Waals surface area contributed by atoms with Crippen LogP contribution in [0.3, 0.4) is 0 Å². The smallest absolute Gasteiger partial charge is 0.0798 e. The van der Waals surface area contributed by atoms with Gasteiger partial charge in [-0.1, -0.05) is 125 Å². The minimum Gasteiger partial charge on any atom is -0.360 e. The second-order valence-corrected chi connectivity index (χ2v) is 19.3. The van der Waals surface area contributed by atoms with Gasteiger partial charge < -0.3 is 15.0 Å². The molecule has 1 radical (unpaired) electrons.